The first kappa shape index (κ1) is 15.2. The zero-order valence-corrected chi connectivity index (χ0v) is 14.0. The van der Waals surface area contributed by atoms with Crippen molar-refractivity contribution in [2.75, 3.05) is 19.5 Å². The molecule has 0 saturated heterocycles. The second kappa shape index (κ2) is 6.99. The summed E-state index contributed by atoms with van der Waals surface area (Å²) in [4.78, 5) is 9.27. The van der Waals surface area contributed by atoms with E-state index in [-0.39, 0.29) is 6.10 Å². The van der Waals surface area contributed by atoms with E-state index in [9.17, 15) is 0 Å². The van der Waals surface area contributed by atoms with Crippen LogP contribution in [-0.2, 0) is 4.74 Å². The van der Waals surface area contributed by atoms with E-state index in [0.717, 1.165) is 32.9 Å². The topological polar surface area (TPSA) is 47.0 Å². The Morgan fingerprint density at radius 2 is 1.95 bits per heavy atom. The molecule has 1 N–H and O–H groups in total. The lowest BCUT2D eigenvalue weighted by Crippen LogP contribution is -2.10. The lowest BCUT2D eigenvalue weighted by molar-refractivity contribution is 0.0928. The molecule has 0 aliphatic heterocycles. The van der Waals surface area contributed by atoms with Crippen molar-refractivity contribution in [3.8, 4) is 11.3 Å². The highest BCUT2D eigenvalue weighted by Crippen LogP contribution is 2.30. The molecule has 0 saturated carbocycles. The predicted octanol–water partition coefficient (Wildman–Crippen LogP) is 3.89. The Kier molecular flexibility index (Phi) is 5.31. The van der Waals surface area contributed by atoms with Gasteiger partial charge in [0.05, 0.1) is 9.26 Å². The number of anilines is 1. The highest BCUT2D eigenvalue weighted by molar-refractivity contribution is 14.1. The zero-order chi connectivity index (χ0) is 14.5. The lowest BCUT2D eigenvalue weighted by Gasteiger charge is -2.16. The van der Waals surface area contributed by atoms with Gasteiger partial charge in [0.1, 0.15) is 11.9 Å². The van der Waals surface area contributed by atoms with Crippen LogP contribution in [0, 0.1) is 3.57 Å². The Labute approximate surface area is 133 Å². The molecule has 0 amide bonds. The van der Waals surface area contributed by atoms with Gasteiger partial charge in [-0.2, -0.15) is 0 Å². The zero-order valence-electron chi connectivity index (χ0n) is 11.9. The summed E-state index contributed by atoms with van der Waals surface area (Å²) in [5.41, 5.74) is 2.03. The second-order valence-corrected chi connectivity index (χ2v) is 5.42. The van der Waals surface area contributed by atoms with E-state index in [2.05, 4.69) is 51.9 Å². The van der Waals surface area contributed by atoms with Crippen LogP contribution < -0.4 is 5.32 Å². The van der Waals surface area contributed by atoms with Gasteiger partial charge < -0.3 is 10.1 Å². The van der Waals surface area contributed by atoms with Crippen LogP contribution in [0.2, 0.25) is 0 Å². The van der Waals surface area contributed by atoms with Crippen molar-refractivity contribution < 1.29 is 4.74 Å². The molecule has 1 aromatic heterocycles. The predicted molar refractivity (Wildman–Crippen MR) is 89.8 cm³/mol. The highest BCUT2D eigenvalue weighted by Gasteiger charge is 2.18. The molecule has 1 aromatic carbocycles. The average Bonchev–Trinajstić information content (AvgIpc) is 2.50. The Balaban J connectivity index is 2.58. The highest BCUT2D eigenvalue weighted by atomic mass is 127. The van der Waals surface area contributed by atoms with Crippen molar-refractivity contribution in [1.29, 1.82) is 0 Å². The summed E-state index contributed by atoms with van der Waals surface area (Å²) in [6, 6.07) is 10.1. The van der Waals surface area contributed by atoms with Crippen LogP contribution in [0.25, 0.3) is 11.3 Å². The maximum Gasteiger partial charge on any atom is 0.160 e. The number of hydrogen-bond donors (Lipinski definition) is 1. The third kappa shape index (κ3) is 3.09. The molecule has 0 aliphatic carbocycles. The number of hydrogen-bond acceptors (Lipinski definition) is 4. The standard InChI is InChI=1S/C15H18IN3O/c1-4-11(20-3)14-18-13(10-8-6-5-7-9-10)12(16)15(17-2)19-14/h5-9,11H,4H2,1-3H3,(H,17,18,19). The molecule has 0 spiro atoms. The Morgan fingerprint density at radius 1 is 1.25 bits per heavy atom. The summed E-state index contributed by atoms with van der Waals surface area (Å²) in [5.74, 6) is 1.56. The normalized spacial score (nSPS) is 12.2. The molecule has 106 valence electrons. The van der Waals surface area contributed by atoms with Crippen molar-refractivity contribution in [1.82, 2.24) is 9.97 Å². The minimum Gasteiger partial charge on any atom is -0.373 e. The van der Waals surface area contributed by atoms with E-state index in [4.69, 9.17) is 9.72 Å². The molecule has 20 heavy (non-hydrogen) atoms. The van der Waals surface area contributed by atoms with Gasteiger partial charge in [0.15, 0.2) is 5.82 Å². The van der Waals surface area contributed by atoms with Gasteiger partial charge >= 0.3 is 0 Å². The van der Waals surface area contributed by atoms with Crippen molar-refractivity contribution >= 4 is 28.4 Å². The molecule has 0 bridgehead atoms. The SMILES string of the molecule is CCC(OC)c1nc(NC)c(I)c(-c2ccccc2)n1. The Morgan fingerprint density at radius 3 is 2.50 bits per heavy atom. The van der Waals surface area contributed by atoms with E-state index in [0.29, 0.717) is 0 Å². The maximum absolute atomic E-state index is 5.46. The molecule has 0 fully saturated rings. The van der Waals surface area contributed by atoms with Crippen LogP contribution in [0.1, 0.15) is 25.3 Å². The van der Waals surface area contributed by atoms with Gasteiger partial charge in [-0.15, -0.1) is 0 Å². The van der Waals surface area contributed by atoms with Gasteiger partial charge in [0.2, 0.25) is 0 Å². The number of halogens is 1. The van der Waals surface area contributed by atoms with Gasteiger partial charge in [0.25, 0.3) is 0 Å². The van der Waals surface area contributed by atoms with Crippen molar-refractivity contribution in [2.24, 2.45) is 0 Å². The van der Waals surface area contributed by atoms with Crippen LogP contribution in [-0.4, -0.2) is 24.1 Å². The number of rotatable bonds is 5. The number of nitrogens with zero attached hydrogens (tertiary/aromatic N) is 2. The summed E-state index contributed by atoms with van der Waals surface area (Å²) >= 11 is 2.28. The van der Waals surface area contributed by atoms with Crippen molar-refractivity contribution in [3.63, 3.8) is 0 Å². The van der Waals surface area contributed by atoms with E-state index in [1.165, 1.54) is 0 Å². The Bertz CT molecular complexity index is 571. The average molecular weight is 383 g/mol. The number of nitrogens with one attached hydrogen (secondary N) is 1. The van der Waals surface area contributed by atoms with Gasteiger partial charge in [0, 0.05) is 19.7 Å². The van der Waals surface area contributed by atoms with Gasteiger partial charge in [-0.3, -0.25) is 0 Å². The fourth-order valence-corrected chi connectivity index (χ4v) is 2.84. The fourth-order valence-electron chi connectivity index (χ4n) is 2.02. The van der Waals surface area contributed by atoms with Gasteiger partial charge in [-0.05, 0) is 29.0 Å². The van der Waals surface area contributed by atoms with Crippen molar-refractivity contribution in [3.05, 3.63) is 39.7 Å². The molecule has 4 nitrogen and oxygen atoms in total. The summed E-state index contributed by atoms with van der Waals surface area (Å²) in [5, 5.41) is 3.13. The molecule has 1 unspecified atom stereocenters. The van der Waals surface area contributed by atoms with Gasteiger partial charge in [-0.25, -0.2) is 9.97 Å². The van der Waals surface area contributed by atoms with E-state index in [1.807, 2.05) is 25.2 Å². The second-order valence-electron chi connectivity index (χ2n) is 4.34. The van der Waals surface area contributed by atoms with Crippen LogP contribution in [0.3, 0.4) is 0 Å². The molecular weight excluding hydrogens is 365 g/mol. The van der Waals surface area contributed by atoms with E-state index >= 15 is 0 Å². The molecule has 1 atom stereocenters. The first-order valence-corrected chi connectivity index (χ1v) is 7.62. The monoisotopic (exact) mass is 383 g/mol. The van der Waals surface area contributed by atoms with Crippen LogP contribution in [0.5, 0.6) is 0 Å². The maximum atomic E-state index is 5.46. The minimum absolute atomic E-state index is 0.0819. The van der Waals surface area contributed by atoms with Crippen molar-refractivity contribution in [2.45, 2.75) is 19.4 Å². The fraction of sp³-hybridized carbons (Fsp3) is 0.333. The third-order valence-electron chi connectivity index (χ3n) is 3.10. The smallest absolute Gasteiger partial charge is 0.160 e. The number of ether oxygens (including phenoxy) is 1. The molecule has 0 aliphatic rings. The Hall–Kier alpha value is -1.21. The van der Waals surface area contributed by atoms with Crippen LogP contribution in [0.4, 0.5) is 5.82 Å². The van der Waals surface area contributed by atoms with E-state index < -0.39 is 0 Å². The number of aromatic nitrogens is 2. The first-order chi connectivity index (χ1) is 9.71. The molecule has 5 heteroatoms. The molecule has 0 radical (unpaired) electrons. The largest absolute Gasteiger partial charge is 0.373 e. The number of methoxy groups -OCH3 is 1. The first-order valence-electron chi connectivity index (χ1n) is 6.54. The molecule has 1 heterocycles. The third-order valence-corrected chi connectivity index (χ3v) is 4.12. The van der Waals surface area contributed by atoms with E-state index in [1.54, 1.807) is 7.11 Å². The van der Waals surface area contributed by atoms with Crippen LogP contribution in [0.15, 0.2) is 30.3 Å². The molecular formula is C15H18IN3O. The minimum atomic E-state index is -0.0819. The molecule has 2 rings (SSSR count). The summed E-state index contributed by atoms with van der Waals surface area (Å²) < 4.78 is 6.48. The summed E-state index contributed by atoms with van der Waals surface area (Å²) in [7, 11) is 3.56. The van der Waals surface area contributed by atoms with Crippen LogP contribution >= 0.6 is 22.6 Å². The molecule has 2 aromatic rings. The lowest BCUT2D eigenvalue weighted by atomic mass is 10.1. The quantitative estimate of drug-likeness (QED) is 0.796. The summed E-state index contributed by atoms with van der Waals surface area (Å²) in [6.45, 7) is 2.07. The number of benzene rings is 1. The summed E-state index contributed by atoms with van der Waals surface area (Å²) in [6.07, 6.45) is 0.760. The van der Waals surface area contributed by atoms with Gasteiger partial charge in [-0.1, -0.05) is 37.3 Å².